The number of hydrogen-bond donors (Lipinski definition) is 1. The van der Waals surface area contributed by atoms with Gasteiger partial charge in [0.2, 0.25) is 10.0 Å². The molecule has 1 N–H and O–H groups in total. The zero-order chi connectivity index (χ0) is 11.3. The predicted octanol–water partition coefficient (Wildman–Crippen LogP) is 1.82. The molecule has 0 saturated carbocycles. The molecule has 0 amide bonds. The van der Waals surface area contributed by atoms with Gasteiger partial charge in [-0.3, -0.25) is 0 Å². The van der Waals surface area contributed by atoms with Crippen molar-refractivity contribution < 1.29 is 8.42 Å². The van der Waals surface area contributed by atoms with Crippen molar-refractivity contribution in [2.75, 3.05) is 5.75 Å². The number of rotatable bonds is 5. The first-order valence-corrected chi connectivity index (χ1v) is 6.72. The Bertz CT molecular complexity index is 412. The van der Waals surface area contributed by atoms with E-state index in [1.165, 1.54) is 0 Å². The lowest BCUT2D eigenvalue weighted by Gasteiger charge is -2.07. The molecule has 0 radical (unpaired) electrons. The monoisotopic (exact) mass is 227 g/mol. The minimum atomic E-state index is -3.10. The van der Waals surface area contributed by atoms with Crippen LogP contribution in [0.25, 0.3) is 0 Å². The molecule has 1 aromatic carbocycles. The van der Waals surface area contributed by atoms with Gasteiger partial charge in [0.15, 0.2) is 0 Å². The molecule has 0 unspecified atom stereocenters. The summed E-state index contributed by atoms with van der Waals surface area (Å²) in [7, 11) is -3.10. The lowest BCUT2D eigenvalue weighted by Crippen LogP contribution is -2.25. The van der Waals surface area contributed by atoms with E-state index in [2.05, 4.69) is 4.72 Å². The molecular weight excluding hydrogens is 210 g/mol. The van der Waals surface area contributed by atoms with Crippen LogP contribution < -0.4 is 4.72 Å². The summed E-state index contributed by atoms with van der Waals surface area (Å²) in [4.78, 5) is 0. The molecule has 0 bridgehead atoms. The van der Waals surface area contributed by atoms with Gasteiger partial charge in [0.05, 0.1) is 5.75 Å². The van der Waals surface area contributed by atoms with E-state index in [0.29, 0.717) is 13.0 Å². The number of aryl methyl sites for hydroxylation is 1. The highest BCUT2D eigenvalue weighted by Crippen LogP contribution is 2.06. The maximum atomic E-state index is 11.4. The minimum absolute atomic E-state index is 0.193. The second-order valence-corrected chi connectivity index (χ2v) is 5.49. The standard InChI is InChI=1S/C11H17NO2S/c1-3-8-15(13,14)12-9-11-7-5-4-6-10(11)2/h4-7,12H,3,8-9H2,1-2H3. The van der Waals surface area contributed by atoms with Gasteiger partial charge in [0.1, 0.15) is 0 Å². The van der Waals surface area contributed by atoms with Crippen molar-refractivity contribution in [3.8, 4) is 0 Å². The molecule has 1 rings (SSSR count). The molecule has 0 atom stereocenters. The van der Waals surface area contributed by atoms with Crippen molar-refractivity contribution in [1.82, 2.24) is 4.72 Å². The van der Waals surface area contributed by atoms with Crippen LogP contribution in [0, 0.1) is 6.92 Å². The summed E-state index contributed by atoms with van der Waals surface area (Å²) in [5, 5.41) is 0. The molecule has 15 heavy (non-hydrogen) atoms. The lowest BCUT2D eigenvalue weighted by molar-refractivity contribution is 0.580. The summed E-state index contributed by atoms with van der Waals surface area (Å²) in [5.74, 6) is 0.193. The number of hydrogen-bond acceptors (Lipinski definition) is 2. The lowest BCUT2D eigenvalue weighted by atomic mass is 10.1. The van der Waals surface area contributed by atoms with Gasteiger partial charge >= 0.3 is 0 Å². The molecule has 0 aliphatic rings. The van der Waals surface area contributed by atoms with Crippen molar-refractivity contribution in [3.63, 3.8) is 0 Å². The molecule has 1 aromatic rings. The first-order chi connectivity index (χ1) is 7.05. The van der Waals surface area contributed by atoms with E-state index >= 15 is 0 Å². The molecular formula is C11H17NO2S. The SMILES string of the molecule is CCCS(=O)(=O)NCc1ccccc1C. The Hall–Kier alpha value is -0.870. The predicted molar refractivity (Wildman–Crippen MR) is 62.1 cm³/mol. The Kier molecular flexibility index (Phi) is 4.29. The van der Waals surface area contributed by atoms with E-state index in [1.54, 1.807) is 0 Å². The van der Waals surface area contributed by atoms with E-state index in [-0.39, 0.29) is 5.75 Å². The number of benzene rings is 1. The van der Waals surface area contributed by atoms with E-state index < -0.39 is 10.0 Å². The van der Waals surface area contributed by atoms with Crippen LogP contribution in [0.15, 0.2) is 24.3 Å². The van der Waals surface area contributed by atoms with E-state index in [4.69, 9.17) is 0 Å². The van der Waals surface area contributed by atoms with E-state index in [9.17, 15) is 8.42 Å². The van der Waals surface area contributed by atoms with Crippen LogP contribution in [0.5, 0.6) is 0 Å². The molecule has 4 heteroatoms. The third-order valence-electron chi connectivity index (χ3n) is 2.22. The second kappa shape index (κ2) is 5.28. The van der Waals surface area contributed by atoms with Gasteiger partial charge in [-0.05, 0) is 24.5 Å². The van der Waals surface area contributed by atoms with Gasteiger partial charge in [-0.1, -0.05) is 31.2 Å². The smallest absolute Gasteiger partial charge is 0.211 e. The molecule has 0 aliphatic heterocycles. The molecule has 84 valence electrons. The first kappa shape index (κ1) is 12.2. The van der Waals surface area contributed by atoms with Gasteiger partial charge in [-0.15, -0.1) is 0 Å². The Balaban J connectivity index is 2.62. The third kappa shape index (κ3) is 4.01. The van der Waals surface area contributed by atoms with Gasteiger partial charge in [0.25, 0.3) is 0 Å². The van der Waals surface area contributed by atoms with Crippen molar-refractivity contribution in [2.45, 2.75) is 26.8 Å². The highest BCUT2D eigenvalue weighted by Gasteiger charge is 2.08. The number of nitrogens with one attached hydrogen (secondary N) is 1. The highest BCUT2D eigenvalue weighted by atomic mass is 32.2. The average molecular weight is 227 g/mol. The fourth-order valence-electron chi connectivity index (χ4n) is 1.34. The van der Waals surface area contributed by atoms with Crippen LogP contribution in [0.2, 0.25) is 0 Å². The van der Waals surface area contributed by atoms with Crippen LogP contribution >= 0.6 is 0 Å². The van der Waals surface area contributed by atoms with Gasteiger partial charge in [-0.25, -0.2) is 13.1 Å². The fraction of sp³-hybridized carbons (Fsp3) is 0.455. The van der Waals surface area contributed by atoms with Crippen LogP contribution in [0.3, 0.4) is 0 Å². The highest BCUT2D eigenvalue weighted by molar-refractivity contribution is 7.89. The molecule has 0 aliphatic carbocycles. The van der Waals surface area contributed by atoms with Gasteiger partial charge < -0.3 is 0 Å². The third-order valence-corrected chi connectivity index (χ3v) is 3.75. The summed E-state index contributed by atoms with van der Waals surface area (Å²) in [6, 6.07) is 7.77. The molecule has 3 nitrogen and oxygen atoms in total. The van der Waals surface area contributed by atoms with Crippen LogP contribution in [-0.2, 0) is 16.6 Å². The Morgan fingerprint density at radius 1 is 1.27 bits per heavy atom. The summed E-state index contributed by atoms with van der Waals surface area (Å²) in [5.41, 5.74) is 2.13. The first-order valence-electron chi connectivity index (χ1n) is 5.07. The zero-order valence-corrected chi connectivity index (χ0v) is 9.97. The van der Waals surface area contributed by atoms with Crippen LogP contribution in [0.1, 0.15) is 24.5 Å². The Morgan fingerprint density at radius 2 is 1.93 bits per heavy atom. The minimum Gasteiger partial charge on any atom is -0.212 e. The molecule has 0 saturated heterocycles. The zero-order valence-electron chi connectivity index (χ0n) is 9.16. The van der Waals surface area contributed by atoms with Crippen molar-refractivity contribution in [1.29, 1.82) is 0 Å². The maximum absolute atomic E-state index is 11.4. The van der Waals surface area contributed by atoms with Gasteiger partial charge in [-0.2, -0.15) is 0 Å². The molecule has 0 heterocycles. The number of sulfonamides is 1. The average Bonchev–Trinajstić information content (AvgIpc) is 2.16. The van der Waals surface area contributed by atoms with Crippen molar-refractivity contribution >= 4 is 10.0 Å². The Morgan fingerprint density at radius 3 is 2.53 bits per heavy atom. The largest absolute Gasteiger partial charge is 0.212 e. The summed E-state index contributed by atoms with van der Waals surface area (Å²) in [6.45, 7) is 4.21. The quantitative estimate of drug-likeness (QED) is 0.834. The normalized spacial score (nSPS) is 11.6. The summed E-state index contributed by atoms with van der Waals surface area (Å²) < 4.78 is 25.4. The summed E-state index contributed by atoms with van der Waals surface area (Å²) in [6.07, 6.45) is 0.642. The van der Waals surface area contributed by atoms with E-state index in [1.807, 2.05) is 38.1 Å². The maximum Gasteiger partial charge on any atom is 0.211 e. The van der Waals surface area contributed by atoms with Gasteiger partial charge in [0, 0.05) is 6.54 Å². The van der Waals surface area contributed by atoms with E-state index in [0.717, 1.165) is 11.1 Å². The van der Waals surface area contributed by atoms with Crippen LogP contribution in [-0.4, -0.2) is 14.2 Å². The second-order valence-electron chi connectivity index (χ2n) is 3.57. The van der Waals surface area contributed by atoms with Crippen molar-refractivity contribution in [2.24, 2.45) is 0 Å². The van der Waals surface area contributed by atoms with Crippen molar-refractivity contribution in [3.05, 3.63) is 35.4 Å². The van der Waals surface area contributed by atoms with Crippen LogP contribution in [0.4, 0.5) is 0 Å². The molecule has 0 aromatic heterocycles. The molecule has 0 fully saturated rings. The fourth-order valence-corrected chi connectivity index (χ4v) is 2.39. The Labute approximate surface area is 91.6 Å². The topological polar surface area (TPSA) is 46.2 Å². The summed E-state index contributed by atoms with van der Waals surface area (Å²) >= 11 is 0. The molecule has 0 spiro atoms.